The van der Waals surface area contributed by atoms with E-state index >= 15 is 0 Å². The van der Waals surface area contributed by atoms with E-state index in [4.69, 9.17) is 5.84 Å². The number of nitrogens with two attached hydrogens (primary N) is 1. The number of aryl methyl sites for hydroxylation is 1. The highest BCUT2D eigenvalue weighted by Gasteiger charge is 2.16. The number of nitrogens with one attached hydrogen (secondary N) is 1. The van der Waals surface area contributed by atoms with Gasteiger partial charge in [0, 0.05) is 31.9 Å². The van der Waals surface area contributed by atoms with Gasteiger partial charge in [-0.2, -0.15) is 5.10 Å². The highest BCUT2D eigenvalue weighted by atomic mass is 15.3. The lowest BCUT2D eigenvalue weighted by atomic mass is 10.1. The van der Waals surface area contributed by atoms with Crippen molar-refractivity contribution in [3.8, 4) is 0 Å². The van der Waals surface area contributed by atoms with Crippen LogP contribution in [0.15, 0.2) is 24.8 Å². The maximum atomic E-state index is 5.65. The van der Waals surface area contributed by atoms with Crippen LogP contribution in [-0.2, 0) is 13.5 Å². The highest BCUT2D eigenvalue weighted by Crippen LogP contribution is 2.17. The average Bonchev–Trinajstić information content (AvgIpc) is 3.04. The van der Waals surface area contributed by atoms with Crippen LogP contribution in [0.1, 0.15) is 43.7 Å². The van der Waals surface area contributed by atoms with Crippen LogP contribution in [0.2, 0.25) is 0 Å². The molecular weight excluding hydrogens is 240 g/mol. The lowest BCUT2D eigenvalue weighted by Gasteiger charge is -2.15. The van der Waals surface area contributed by atoms with E-state index in [2.05, 4.69) is 29.4 Å². The summed E-state index contributed by atoms with van der Waals surface area (Å²) in [6, 6.07) is 2.50. The molecule has 0 aromatic carbocycles. The van der Waals surface area contributed by atoms with Crippen LogP contribution in [0, 0.1) is 0 Å². The Labute approximate surface area is 113 Å². The van der Waals surface area contributed by atoms with Crippen molar-refractivity contribution in [2.75, 3.05) is 0 Å². The monoisotopic (exact) mass is 262 g/mol. The quantitative estimate of drug-likeness (QED) is 0.608. The molecule has 19 heavy (non-hydrogen) atoms. The molecule has 0 saturated carbocycles. The van der Waals surface area contributed by atoms with Crippen molar-refractivity contribution in [2.45, 2.75) is 38.8 Å². The first-order valence-corrected chi connectivity index (χ1v) is 6.62. The van der Waals surface area contributed by atoms with Gasteiger partial charge >= 0.3 is 0 Å². The molecule has 0 aliphatic heterocycles. The molecule has 0 amide bonds. The second-order valence-corrected chi connectivity index (χ2v) is 4.90. The number of hydrogen-bond acceptors (Lipinski definition) is 4. The SMILES string of the molecule is CCC(C)n1ccc(CC(NN)c2cncn2C)n1. The number of hydrogen-bond donors (Lipinski definition) is 2. The molecule has 2 aromatic rings. The van der Waals surface area contributed by atoms with Gasteiger partial charge in [0.2, 0.25) is 0 Å². The predicted octanol–water partition coefficient (Wildman–Crippen LogP) is 1.33. The summed E-state index contributed by atoms with van der Waals surface area (Å²) in [5.41, 5.74) is 4.92. The van der Waals surface area contributed by atoms with E-state index in [1.807, 2.05) is 34.8 Å². The van der Waals surface area contributed by atoms with Gasteiger partial charge in [0.05, 0.1) is 23.8 Å². The second-order valence-electron chi connectivity index (χ2n) is 4.90. The fourth-order valence-corrected chi connectivity index (χ4v) is 2.08. The molecule has 2 unspecified atom stereocenters. The van der Waals surface area contributed by atoms with E-state index in [1.54, 1.807) is 6.33 Å². The zero-order valence-corrected chi connectivity index (χ0v) is 11.7. The molecule has 0 fully saturated rings. The van der Waals surface area contributed by atoms with E-state index < -0.39 is 0 Å². The van der Waals surface area contributed by atoms with Crippen molar-refractivity contribution >= 4 is 0 Å². The molecule has 0 aliphatic rings. The molecule has 104 valence electrons. The second kappa shape index (κ2) is 5.99. The van der Waals surface area contributed by atoms with Crippen molar-refractivity contribution in [2.24, 2.45) is 12.9 Å². The van der Waals surface area contributed by atoms with Crippen LogP contribution in [0.5, 0.6) is 0 Å². The van der Waals surface area contributed by atoms with Gasteiger partial charge in [-0.15, -0.1) is 0 Å². The zero-order valence-electron chi connectivity index (χ0n) is 11.7. The largest absolute Gasteiger partial charge is 0.336 e. The topological polar surface area (TPSA) is 73.7 Å². The Bertz CT molecular complexity index is 515. The van der Waals surface area contributed by atoms with Crippen LogP contribution in [0.25, 0.3) is 0 Å². The summed E-state index contributed by atoms with van der Waals surface area (Å²) < 4.78 is 3.97. The summed E-state index contributed by atoms with van der Waals surface area (Å²) in [6.07, 6.45) is 7.45. The maximum Gasteiger partial charge on any atom is 0.0946 e. The number of imidazole rings is 1. The molecule has 0 spiro atoms. The van der Waals surface area contributed by atoms with Crippen LogP contribution < -0.4 is 11.3 Å². The van der Waals surface area contributed by atoms with E-state index in [9.17, 15) is 0 Å². The van der Waals surface area contributed by atoms with Gasteiger partial charge in [-0.05, 0) is 19.4 Å². The fourth-order valence-electron chi connectivity index (χ4n) is 2.08. The predicted molar refractivity (Wildman–Crippen MR) is 74.2 cm³/mol. The van der Waals surface area contributed by atoms with Crippen LogP contribution in [-0.4, -0.2) is 19.3 Å². The van der Waals surface area contributed by atoms with Crippen molar-refractivity contribution in [3.05, 3.63) is 36.2 Å². The molecule has 2 rings (SSSR count). The number of hydrazine groups is 1. The summed E-state index contributed by atoms with van der Waals surface area (Å²) in [4.78, 5) is 4.12. The Hall–Kier alpha value is -1.66. The summed E-state index contributed by atoms with van der Waals surface area (Å²) in [5, 5.41) is 4.60. The van der Waals surface area contributed by atoms with Gasteiger partial charge in [0.1, 0.15) is 0 Å². The highest BCUT2D eigenvalue weighted by molar-refractivity contribution is 5.10. The molecule has 0 radical (unpaired) electrons. The minimum atomic E-state index is 0.0211. The molecule has 0 aliphatic carbocycles. The maximum absolute atomic E-state index is 5.65. The molecule has 2 aromatic heterocycles. The average molecular weight is 262 g/mol. The summed E-state index contributed by atoms with van der Waals surface area (Å²) >= 11 is 0. The molecule has 0 saturated heterocycles. The van der Waals surface area contributed by atoms with Crippen molar-refractivity contribution in [1.29, 1.82) is 0 Å². The minimum Gasteiger partial charge on any atom is -0.336 e. The van der Waals surface area contributed by atoms with Gasteiger partial charge in [0.15, 0.2) is 0 Å². The Morgan fingerprint density at radius 1 is 1.47 bits per heavy atom. The van der Waals surface area contributed by atoms with Crippen molar-refractivity contribution < 1.29 is 0 Å². The number of aromatic nitrogens is 4. The Morgan fingerprint density at radius 3 is 2.84 bits per heavy atom. The van der Waals surface area contributed by atoms with E-state index in [-0.39, 0.29) is 6.04 Å². The van der Waals surface area contributed by atoms with E-state index in [1.165, 1.54) is 0 Å². The molecular formula is C13H22N6. The summed E-state index contributed by atoms with van der Waals surface area (Å²) in [7, 11) is 1.96. The van der Waals surface area contributed by atoms with E-state index in [0.29, 0.717) is 6.04 Å². The third-order valence-corrected chi connectivity index (χ3v) is 3.53. The zero-order chi connectivity index (χ0) is 13.8. The molecule has 6 nitrogen and oxygen atoms in total. The fraction of sp³-hybridized carbons (Fsp3) is 0.538. The van der Waals surface area contributed by atoms with Crippen LogP contribution >= 0.6 is 0 Å². The first-order valence-electron chi connectivity index (χ1n) is 6.62. The smallest absolute Gasteiger partial charge is 0.0946 e. The lowest BCUT2D eigenvalue weighted by molar-refractivity contribution is 0.464. The third-order valence-electron chi connectivity index (χ3n) is 3.53. The lowest BCUT2D eigenvalue weighted by Crippen LogP contribution is -2.31. The molecule has 0 bridgehead atoms. The Kier molecular flexibility index (Phi) is 4.34. The molecule has 2 atom stereocenters. The third kappa shape index (κ3) is 3.02. The molecule has 2 heterocycles. The number of nitrogens with zero attached hydrogens (tertiary/aromatic N) is 4. The molecule has 6 heteroatoms. The van der Waals surface area contributed by atoms with Crippen LogP contribution in [0.4, 0.5) is 0 Å². The molecule has 3 N–H and O–H groups in total. The van der Waals surface area contributed by atoms with Gasteiger partial charge in [-0.1, -0.05) is 6.92 Å². The van der Waals surface area contributed by atoms with Gasteiger partial charge < -0.3 is 4.57 Å². The number of rotatable bonds is 6. The van der Waals surface area contributed by atoms with Gasteiger partial charge in [0.25, 0.3) is 0 Å². The van der Waals surface area contributed by atoms with Crippen LogP contribution in [0.3, 0.4) is 0 Å². The van der Waals surface area contributed by atoms with Crippen molar-refractivity contribution in [1.82, 2.24) is 24.8 Å². The Morgan fingerprint density at radius 2 is 2.26 bits per heavy atom. The standard InChI is InChI=1S/C13H22N6/c1-4-10(2)19-6-5-11(17-19)7-12(16-14)13-8-15-9-18(13)3/h5-6,8-10,12,16H,4,7,14H2,1-3H3. The summed E-state index contributed by atoms with van der Waals surface area (Å²) in [6.45, 7) is 4.32. The van der Waals surface area contributed by atoms with Gasteiger partial charge in [-0.25, -0.2) is 4.98 Å². The summed E-state index contributed by atoms with van der Waals surface area (Å²) in [5.74, 6) is 5.65. The minimum absolute atomic E-state index is 0.0211. The first kappa shape index (κ1) is 13.8. The normalized spacial score (nSPS) is 14.5. The first-order chi connectivity index (χ1) is 9.15. The Balaban J connectivity index is 2.11. The van der Waals surface area contributed by atoms with E-state index in [0.717, 1.165) is 24.2 Å². The van der Waals surface area contributed by atoms with Gasteiger partial charge in [-0.3, -0.25) is 16.0 Å². The van der Waals surface area contributed by atoms with Crippen molar-refractivity contribution in [3.63, 3.8) is 0 Å².